The molecule has 0 aliphatic carbocycles. The summed E-state index contributed by atoms with van der Waals surface area (Å²) in [5.74, 6) is 0.176. The van der Waals surface area contributed by atoms with Crippen molar-refractivity contribution in [1.82, 2.24) is 19.7 Å². The molecule has 0 spiro atoms. The third-order valence-electron chi connectivity index (χ3n) is 3.48. The predicted octanol–water partition coefficient (Wildman–Crippen LogP) is 3.70. The lowest BCUT2D eigenvalue weighted by Crippen LogP contribution is -1.96. The Kier molecular flexibility index (Phi) is 3.20. The fourth-order valence-corrected chi connectivity index (χ4v) is 2.40. The Hall–Kier alpha value is -3.28. The van der Waals surface area contributed by atoms with Crippen LogP contribution in [0.25, 0.3) is 16.6 Å². The van der Waals surface area contributed by atoms with Gasteiger partial charge in [0, 0.05) is 5.39 Å². The zero-order chi connectivity index (χ0) is 15.6. The lowest BCUT2D eigenvalue weighted by Gasteiger charge is -2.06. The molecule has 4 rings (SSSR count). The molecule has 0 unspecified atom stereocenters. The first-order valence-corrected chi connectivity index (χ1v) is 7.07. The van der Waals surface area contributed by atoms with E-state index in [1.54, 1.807) is 23.0 Å². The van der Waals surface area contributed by atoms with Crippen LogP contribution in [0.5, 0.6) is 0 Å². The Bertz CT molecular complexity index is 965. The molecule has 0 radical (unpaired) electrons. The number of halogens is 1. The van der Waals surface area contributed by atoms with E-state index in [9.17, 15) is 4.39 Å². The van der Waals surface area contributed by atoms with Crippen molar-refractivity contribution in [1.29, 1.82) is 0 Å². The summed E-state index contributed by atoms with van der Waals surface area (Å²) < 4.78 is 15.6. The minimum atomic E-state index is -0.368. The summed E-state index contributed by atoms with van der Waals surface area (Å²) in [6.45, 7) is 0. The topological polar surface area (TPSA) is 55.6 Å². The van der Waals surface area contributed by atoms with Gasteiger partial charge in [-0.1, -0.05) is 24.3 Å². The van der Waals surface area contributed by atoms with Crippen molar-refractivity contribution in [3.63, 3.8) is 0 Å². The van der Waals surface area contributed by atoms with Crippen molar-refractivity contribution >= 4 is 22.4 Å². The lowest BCUT2D eigenvalue weighted by atomic mass is 10.2. The standard InChI is InChI=1S/C17H12FN5/c18-15-8-4-7-14-16(15)19-11-20-17(14)22-12-9-21-23(10-12)13-5-2-1-3-6-13/h1-11H,(H,19,20,22). The van der Waals surface area contributed by atoms with Gasteiger partial charge in [-0.15, -0.1) is 0 Å². The molecule has 0 aliphatic rings. The molecule has 0 saturated heterocycles. The summed E-state index contributed by atoms with van der Waals surface area (Å²) in [7, 11) is 0. The van der Waals surface area contributed by atoms with E-state index in [2.05, 4.69) is 20.4 Å². The number of nitrogens with one attached hydrogen (secondary N) is 1. The molecule has 0 fully saturated rings. The minimum absolute atomic E-state index is 0.292. The zero-order valence-corrected chi connectivity index (χ0v) is 12.0. The predicted molar refractivity (Wildman–Crippen MR) is 86.3 cm³/mol. The Labute approximate surface area is 131 Å². The van der Waals surface area contributed by atoms with E-state index in [1.807, 2.05) is 36.5 Å². The SMILES string of the molecule is Fc1cccc2c(Nc3cnn(-c4ccccc4)c3)ncnc12. The van der Waals surface area contributed by atoms with Crippen molar-refractivity contribution < 1.29 is 4.39 Å². The molecule has 6 heteroatoms. The maximum Gasteiger partial charge on any atom is 0.149 e. The summed E-state index contributed by atoms with van der Waals surface area (Å²) >= 11 is 0. The van der Waals surface area contributed by atoms with E-state index in [1.165, 1.54) is 12.4 Å². The second-order valence-corrected chi connectivity index (χ2v) is 4.99. The van der Waals surface area contributed by atoms with Crippen LogP contribution in [-0.2, 0) is 0 Å². The van der Waals surface area contributed by atoms with Gasteiger partial charge in [0.1, 0.15) is 23.5 Å². The quantitative estimate of drug-likeness (QED) is 0.627. The molecule has 0 saturated carbocycles. The maximum absolute atomic E-state index is 13.8. The summed E-state index contributed by atoms with van der Waals surface area (Å²) in [4.78, 5) is 8.19. The summed E-state index contributed by atoms with van der Waals surface area (Å²) in [6, 6.07) is 14.6. The smallest absolute Gasteiger partial charge is 0.149 e. The molecule has 0 atom stereocenters. The average Bonchev–Trinajstić information content (AvgIpc) is 3.05. The van der Waals surface area contributed by atoms with Crippen LogP contribution in [0.4, 0.5) is 15.9 Å². The molecule has 23 heavy (non-hydrogen) atoms. The summed E-state index contributed by atoms with van der Waals surface area (Å²) in [5.41, 5.74) is 2.01. The van der Waals surface area contributed by atoms with Gasteiger partial charge < -0.3 is 5.32 Å². The third kappa shape index (κ3) is 2.50. The fourth-order valence-electron chi connectivity index (χ4n) is 2.40. The molecule has 0 amide bonds. The van der Waals surface area contributed by atoms with Gasteiger partial charge in [-0.25, -0.2) is 19.0 Å². The van der Waals surface area contributed by atoms with Gasteiger partial charge in [-0.05, 0) is 24.3 Å². The van der Waals surface area contributed by atoms with Crippen molar-refractivity contribution in [2.45, 2.75) is 0 Å². The van der Waals surface area contributed by atoms with E-state index in [0.29, 0.717) is 16.7 Å². The minimum Gasteiger partial charge on any atom is -0.337 e. The number of fused-ring (bicyclic) bond motifs is 1. The van der Waals surface area contributed by atoms with E-state index < -0.39 is 0 Å². The van der Waals surface area contributed by atoms with Crippen molar-refractivity contribution in [2.75, 3.05) is 5.32 Å². The highest BCUT2D eigenvalue weighted by molar-refractivity contribution is 5.90. The van der Waals surface area contributed by atoms with Crippen molar-refractivity contribution in [3.8, 4) is 5.69 Å². The van der Waals surface area contributed by atoms with Crippen LogP contribution < -0.4 is 5.32 Å². The van der Waals surface area contributed by atoms with Gasteiger partial charge in [0.2, 0.25) is 0 Å². The van der Waals surface area contributed by atoms with Crippen molar-refractivity contribution in [2.24, 2.45) is 0 Å². The van der Waals surface area contributed by atoms with E-state index in [4.69, 9.17) is 0 Å². The maximum atomic E-state index is 13.8. The lowest BCUT2D eigenvalue weighted by molar-refractivity contribution is 0.636. The van der Waals surface area contributed by atoms with Crippen LogP contribution in [0.3, 0.4) is 0 Å². The summed E-state index contributed by atoms with van der Waals surface area (Å²) in [6.07, 6.45) is 4.89. The van der Waals surface area contributed by atoms with Gasteiger partial charge in [-0.3, -0.25) is 0 Å². The number of hydrogen-bond donors (Lipinski definition) is 1. The van der Waals surface area contributed by atoms with E-state index >= 15 is 0 Å². The van der Waals surface area contributed by atoms with Gasteiger partial charge >= 0.3 is 0 Å². The number of rotatable bonds is 3. The zero-order valence-electron chi connectivity index (χ0n) is 12.0. The highest BCUT2D eigenvalue weighted by atomic mass is 19.1. The molecule has 0 aliphatic heterocycles. The van der Waals surface area contributed by atoms with Crippen LogP contribution >= 0.6 is 0 Å². The molecular weight excluding hydrogens is 293 g/mol. The number of benzene rings is 2. The molecule has 1 N–H and O–H groups in total. The summed E-state index contributed by atoms with van der Waals surface area (Å²) in [5, 5.41) is 8.11. The van der Waals surface area contributed by atoms with Crippen LogP contribution in [0.15, 0.2) is 67.3 Å². The Morgan fingerprint density at radius 1 is 0.957 bits per heavy atom. The Balaban J connectivity index is 1.70. The molecule has 112 valence electrons. The highest BCUT2D eigenvalue weighted by Gasteiger charge is 2.08. The van der Waals surface area contributed by atoms with Gasteiger partial charge in [0.25, 0.3) is 0 Å². The Morgan fingerprint density at radius 2 is 1.83 bits per heavy atom. The first kappa shape index (κ1) is 13.4. The first-order chi connectivity index (χ1) is 11.3. The first-order valence-electron chi connectivity index (χ1n) is 7.07. The molecule has 2 aromatic heterocycles. The number of anilines is 2. The highest BCUT2D eigenvalue weighted by Crippen LogP contribution is 2.24. The molecule has 2 heterocycles. The molecule has 5 nitrogen and oxygen atoms in total. The number of aromatic nitrogens is 4. The molecular formula is C17H12FN5. The Morgan fingerprint density at radius 3 is 2.70 bits per heavy atom. The second-order valence-electron chi connectivity index (χ2n) is 4.99. The monoisotopic (exact) mass is 305 g/mol. The van der Waals surface area contributed by atoms with Crippen LogP contribution in [0, 0.1) is 5.82 Å². The average molecular weight is 305 g/mol. The van der Waals surface area contributed by atoms with Gasteiger partial charge in [0.05, 0.1) is 23.8 Å². The van der Waals surface area contributed by atoms with Crippen molar-refractivity contribution in [3.05, 3.63) is 73.1 Å². The van der Waals surface area contributed by atoms with Gasteiger partial charge in [0.15, 0.2) is 0 Å². The second kappa shape index (κ2) is 5.49. The van der Waals surface area contributed by atoms with E-state index in [-0.39, 0.29) is 5.82 Å². The molecule has 0 bridgehead atoms. The normalized spacial score (nSPS) is 10.8. The van der Waals surface area contributed by atoms with Crippen LogP contribution in [0.2, 0.25) is 0 Å². The molecule has 4 aromatic rings. The number of nitrogens with zero attached hydrogens (tertiary/aromatic N) is 4. The van der Waals surface area contributed by atoms with Gasteiger partial charge in [-0.2, -0.15) is 5.10 Å². The fraction of sp³-hybridized carbons (Fsp3) is 0. The number of para-hydroxylation sites is 2. The van der Waals surface area contributed by atoms with Crippen LogP contribution in [-0.4, -0.2) is 19.7 Å². The van der Waals surface area contributed by atoms with E-state index in [0.717, 1.165) is 11.4 Å². The van der Waals surface area contributed by atoms with Crippen LogP contribution in [0.1, 0.15) is 0 Å². The molecule has 2 aromatic carbocycles. The number of hydrogen-bond acceptors (Lipinski definition) is 4. The third-order valence-corrected chi connectivity index (χ3v) is 3.48. The largest absolute Gasteiger partial charge is 0.337 e.